The molecule has 3 unspecified atom stereocenters. The first-order valence-corrected chi connectivity index (χ1v) is 8.66. The summed E-state index contributed by atoms with van der Waals surface area (Å²) < 4.78 is 1.20. The first kappa shape index (κ1) is 14.4. The predicted molar refractivity (Wildman–Crippen MR) is 89.1 cm³/mol. The van der Waals surface area contributed by atoms with Gasteiger partial charge in [-0.1, -0.05) is 12.5 Å². The quantitative estimate of drug-likeness (QED) is 0.885. The lowest BCUT2D eigenvalue weighted by Crippen LogP contribution is -2.28. The smallest absolute Gasteiger partial charge is 0.0508 e. The van der Waals surface area contributed by atoms with Crippen molar-refractivity contribution in [1.29, 1.82) is 0 Å². The van der Waals surface area contributed by atoms with Gasteiger partial charge < -0.3 is 10.6 Å². The molecule has 0 heterocycles. The number of halogens is 1. The zero-order valence-corrected chi connectivity index (χ0v) is 13.9. The molecule has 2 nitrogen and oxygen atoms in total. The van der Waals surface area contributed by atoms with E-state index in [1.54, 1.807) is 0 Å². The van der Waals surface area contributed by atoms with Crippen LogP contribution in [0.1, 0.15) is 31.2 Å². The van der Waals surface area contributed by atoms with Crippen LogP contribution in [-0.4, -0.2) is 20.1 Å². The van der Waals surface area contributed by atoms with Crippen LogP contribution in [0.4, 0.5) is 5.69 Å². The molecule has 3 atom stereocenters. The largest absolute Gasteiger partial charge is 0.373 e. The third-order valence-corrected chi connectivity index (χ3v) is 5.88. The first-order chi connectivity index (χ1) is 9.67. The molecule has 0 saturated heterocycles. The van der Waals surface area contributed by atoms with Gasteiger partial charge in [-0.3, -0.25) is 0 Å². The molecular weight excluding hydrogens is 312 g/mol. The van der Waals surface area contributed by atoms with Crippen molar-refractivity contribution in [2.24, 2.45) is 23.5 Å². The van der Waals surface area contributed by atoms with Crippen molar-refractivity contribution in [2.45, 2.75) is 32.1 Å². The maximum atomic E-state index is 5.63. The van der Waals surface area contributed by atoms with Crippen molar-refractivity contribution in [3.05, 3.63) is 28.2 Å². The molecule has 0 amide bonds. The van der Waals surface area contributed by atoms with E-state index in [9.17, 15) is 0 Å². The molecule has 0 aromatic heterocycles. The molecule has 2 aliphatic carbocycles. The summed E-state index contributed by atoms with van der Waals surface area (Å²) in [6.45, 7) is 1.92. The van der Waals surface area contributed by atoms with Crippen LogP contribution in [0.25, 0.3) is 0 Å². The van der Waals surface area contributed by atoms with Crippen molar-refractivity contribution in [3.63, 3.8) is 0 Å². The van der Waals surface area contributed by atoms with Gasteiger partial charge in [0.25, 0.3) is 0 Å². The first-order valence-electron chi connectivity index (χ1n) is 7.87. The minimum Gasteiger partial charge on any atom is -0.373 e. The number of hydrogen-bond donors (Lipinski definition) is 1. The van der Waals surface area contributed by atoms with Crippen LogP contribution in [0.15, 0.2) is 22.7 Å². The average Bonchev–Trinajstić information content (AvgIpc) is 3.01. The van der Waals surface area contributed by atoms with Crippen molar-refractivity contribution < 1.29 is 0 Å². The highest BCUT2D eigenvalue weighted by molar-refractivity contribution is 9.10. The summed E-state index contributed by atoms with van der Waals surface area (Å²) >= 11 is 3.73. The molecule has 1 aromatic carbocycles. The molecular formula is C17H25BrN2. The zero-order valence-electron chi connectivity index (χ0n) is 12.3. The van der Waals surface area contributed by atoms with Gasteiger partial charge in [-0.25, -0.2) is 0 Å². The van der Waals surface area contributed by atoms with Crippen LogP contribution in [-0.2, 0) is 6.42 Å². The second-order valence-electron chi connectivity index (χ2n) is 6.64. The van der Waals surface area contributed by atoms with E-state index in [0.29, 0.717) is 6.54 Å². The molecule has 2 fully saturated rings. The van der Waals surface area contributed by atoms with Gasteiger partial charge in [0.05, 0.1) is 5.69 Å². The number of fused-ring (bicyclic) bond motifs is 2. The highest BCUT2D eigenvalue weighted by Gasteiger charge is 2.39. The Hall–Kier alpha value is -0.540. The molecule has 2 aliphatic rings. The van der Waals surface area contributed by atoms with Crippen LogP contribution < -0.4 is 10.6 Å². The minimum absolute atomic E-state index is 0.715. The summed E-state index contributed by atoms with van der Waals surface area (Å²) in [5, 5.41) is 0. The second kappa shape index (κ2) is 6.07. The molecule has 2 bridgehead atoms. The van der Waals surface area contributed by atoms with Crippen LogP contribution in [0.2, 0.25) is 0 Å². The number of anilines is 1. The number of hydrogen-bond acceptors (Lipinski definition) is 2. The van der Waals surface area contributed by atoms with Crippen LogP contribution in [0.3, 0.4) is 0 Å². The third-order valence-electron chi connectivity index (χ3n) is 5.25. The molecule has 3 heteroatoms. The van der Waals surface area contributed by atoms with Gasteiger partial charge in [0.15, 0.2) is 0 Å². The lowest BCUT2D eigenvalue weighted by molar-refractivity contribution is 0.337. The van der Waals surface area contributed by atoms with Crippen molar-refractivity contribution in [3.8, 4) is 0 Å². The van der Waals surface area contributed by atoms with E-state index in [4.69, 9.17) is 5.73 Å². The molecule has 20 heavy (non-hydrogen) atoms. The molecule has 110 valence electrons. The fourth-order valence-corrected chi connectivity index (χ4v) is 4.96. The zero-order chi connectivity index (χ0) is 14.1. The van der Waals surface area contributed by atoms with Crippen LogP contribution >= 0.6 is 15.9 Å². The maximum absolute atomic E-state index is 5.63. The molecule has 1 aromatic rings. The van der Waals surface area contributed by atoms with Crippen molar-refractivity contribution in [2.75, 3.05) is 25.0 Å². The summed E-state index contributed by atoms with van der Waals surface area (Å²) in [7, 11) is 2.23. The Kier molecular flexibility index (Phi) is 4.37. The molecule has 0 aliphatic heterocycles. The second-order valence-corrected chi connectivity index (χ2v) is 7.49. The predicted octanol–water partition coefficient (Wildman–Crippen LogP) is 3.82. The lowest BCUT2D eigenvalue weighted by Gasteiger charge is -2.29. The molecule has 0 spiro atoms. The Bertz CT molecular complexity index is 474. The summed E-state index contributed by atoms with van der Waals surface area (Å²) in [6.07, 6.45) is 6.87. The van der Waals surface area contributed by atoms with E-state index in [0.717, 1.165) is 24.2 Å². The summed E-state index contributed by atoms with van der Waals surface area (Å²) in [5.74, 6) is 2.95. The summed E-state index contributed by atoms with van der Waals surface area (Å²) in [6, 6.07) is 6.67. The normalized spacial score (nSPS) is 28.1. The van der Waals surface area contributed by atoms with Gasteiger partial charge in [0.2, 0.25) is 0 Å². The Morgan fingerprint density at radius 1 is 1.30 bits per heavy atom. The van der Waals surface area contributed by atoms with E-state index in [1.807, 2.05) is 0 Å². The van der Waals surface area contributed by atoms with E-state index >= 15 is 0 Å². The third kappa shape index (κ3) is 2.89. The van der Waals surface area contributed by atoms with Gasteiger partial charge in [-0.15, -0.1) is 0 Å². The molecule has 3 rings (SSSR count). The standard InChI is InChI=1S/C17H25BrN2/c1-20(11-15-9-13-2-4-14(15)8-13)17-5-3-12(6-7-19)10-16(17)18/h3,5,10,13-15H,2,4,6-9,11,19H2,1H3. The molecule has 0 radical (unpaired) electrons. The maximum Gasteiger partial charge on any atom is 0.0508 e. The number of rotatable bonds is 5. The van der Waals surface area contributed by atoms with Crippen molar-refractivity contribution in [1.82, 2.24) is 0 Å². The summed E-state index contributed by atoms with van der Waals surface area (Å²) in [4.78, 5) is 2.43. The van der Waals surface area contributed by atoms with Gasteiger partial charge in [-0.05, 0) is 83.6 Å². The highest BCUT2D eigenvalue weighted by Crippen LogP contribution is 2.48. The topological polar surface area (TPSA) is 29.3 Å². The SMILES string of the molecule is CN(CC1CC2CCC1C2)c1ccc(CCN)cc1Br. The summed E-state index contributed by atoms with van der Waals surface area (Å²) in [5.41, 5.74) is 8.26. The van der Waals surface area contributed by atoms with E-state index in [2.05, 4.69) is 46.1 Å². The van der Waals surface area contributed by atoms with Gasteiger partial charge in [-0.2, -0.15) is 0 Å². The number of benzene rings is 1. The Labute approximate surface area is 130 Å². The van der Waals surface area contributed by atoms with Crippen molar-refractivity contribution >= 4 is 21.6 Å². The van der Waals surface area contributed by atoms with Gasteiger partial charge in [0, 0.05) is 18.1 Å². The van der Waals surface area contributed by atoms with E-state index in [-0.39, 0.29) is 0 Å². The van der Waals surface area contributed by atoms with Crippen LogP contribution in [0, 0.1) is 17.8 Å². The fourth-order valence-electron chi connectivity index (χ4n) is 4.23. The number of nitrogens with two attached hydrogens (primary N) is 1. The molecule has 2 N–H and O–H groups in total. The lowest BCUT2D eigenvalue weighted by atomic mass is 9.88. The van der Waals surface area contributed by atoms with E-state index in [1.165, 1.54) is 48.0 Å². The number of nitrogens with zero attached hydrogens (tertiary/aromatic N) is 1. The highest BCUT2D eigenvalue weighted by atomic mass is 79.9. The Morgan fingerprint density at radius 3 is 2.75 bits per heavy atom. The van der Waals surface area contributed by atoms with Gasteiger partial charge in [0.1, 0.15) is 0 Å². The Balaban J connectivity index is 1.66. The monoisotopic (exact) mass is 336 g/mol. The molecule has 2 saturated carbocycles. The fraction of sp³-hybridized carbons (Fsp3) is 0.647. The minimum atomic E-state index is 0.715. The average molecular weight is 337 g/mol. The van der Waals surface area contributed by atoms with Gasteiger partial charge >= 0.3 is 0 Å². The Morgan fingerprint density at radius 2 is 2.15 bits per heavy atom. The van der Waals surface area contributed by atoms with Crippen LogP contribution in [0.5, 0.6) is 0 Å². The van der Waals surface area contributed by atoms with E-state index < -0.39 is 0 Å².